The second-order valence-electron chi connectivity index (χ2n) is 4.80. The second-order valence-corrected chi connectivity index (χ2v) is 6.54. The fourth-order valence-corrected chi connectivity index (χ4v) is 3.64. The molecule has 0 atom stereocenters. The van der Waals surface area contributed by atoms with Gasteiger partial charge in [-0.05, 0) is 35.6 Å². The summed E-state index contributed by atoms with van der Waals surface area (Å²) in [7, 11) is 0. The van der Waals surface area contributed by atoms with Gasteiger partial charge in [0.1, 0.15) is 0 Å². The van der Waals surface area contributed by atoms with Crippen LogP contribution in [0, 0.1) is 0 Å². The smallest absolute Gasteiger partial charge is 0.214 e. The molecule has 0 spiro atoms. The number of hydrogen-bond donors (Lipinski definition) is 1. The highest BCUT2D eigenvalue weighted by molar-refractivity contribution is 7.20. The molecule has 0 aliphatic heterocycles. The first-order valence-electron chi connectivity index (χ1n) is 6.90. The Morgan fingerprint density at radius 2 is 2.09 bits per heavy atom. The number of nitrogens with one attached hydrogen (secondary N) is 1. The minimum atomic E-state index is 0.845. The number of anilines is 1. The van der Waals surface area contributed by atoms with Crippen LogP contribution < -0.4 is 5.32 Å². The minimum absolute atomic E-state index is 0.845. The average molecular weight is 327 g/mol. The lowest BCUT2D eigenvalue weighted by Gasteiger charge is -2.01. The third-order valence-corrected chi connectivity index (χ3v) is 4.86. The Balaban J connectivity index is 1.44. The van der Waals surface area contributed by atoms with E-state index in [9.17, 15) is 0 Å². The fourth-order valence-electron chi connectivity index (χ4n) is 2.18. The summed E-state index contributed by atoms with van der Waals surface area (Å²) in [4.78, 5) is 9.55. The third-order valence-electron chi connectivity index (χ3n) is 3.30. The van der Waals surface area contributed by atoms with Crippen LogP contribution in [0.25, 0.3) is 16.2 Å². The van der Waals surface area contributed by atoms with Gasteiger partial charge in [-0.25, -0.2) is 9.50 Å². The van der Waals surface area contributed by atoms with Crippen LogP contribution >= 0.6 is 22.7 Å². The molecular formula is C15H13N5S2. The first-order valence-corrected chi connectivity index (χ1v) is 8.66. The summed E-state index contributed by atoms with van der Waals surface area (Å²) in [6.07, 6.45) is 6.56. The third kappa shape index (κ3) is 2.72. The molecule has 0 saturated carbocycles. The van der Waals surface area contributed by atoms with E-state index < -0.39 is 0 Å². The van der Waals surface area contributed by atoms with Gasteiger partial charge in [0.15, 0.2) is 0 Å². The number of nitrogens with zero attached hydrogens (tertiary/aromatic N) is 4. The van der Waals surface area contributed by atoms with Gasteiger partial charge in [0.25, 0.3) is 0 Å². The van der Waals surface area contributed by atoms with Crippen molar-refractivity contribution in [2.45, 2.75) is 6.42 Å². The van der Waals surface area contributed by atoms with Crippen molar-refractivity contribution in [1.29, 1.82) is 0 Å². The molecule has 22 heavy (non-hydrogen) atoms. The number of fused-ring (bicyclic) bond motifs is 1. The summed E-state index contributed by atoms with van der Waals surface area (Å²) >= 11 is 3.25. The lowest BCUT2D eigenvalue weighted by Crippen LogP contribution is -2.04. The lowest BCUT2D eigenvalue weighted by atomic mass is 10.2. The fraction of sp³-hybridized carbons (Fsp3) is 0.133. The van der Waals surface area contributed by atoms with Crippen molar-refractivity contribution >= 4 is 32.8 Å². The van der Waals surface area contributed by atoms with Crippen LogP contribution in [0.2, 0.25) is 0 Å². The normalized spacial score (nSPS) is 11.1. The molecule has 1 N–H and O–H groups in total. The number of pyridine rings is 1. The number of hydrogen-bond acceptors (Lipinski definition) is 6. The van der Waals surface area contributed by atoms with Gasteiger partial charge in [0.2, 0.25) is 10.1 Å². The first-order chi connectivity index (χ1) is 10.9. The molecule has 4 aromatic heterocycles. The molecule has 110 valence electrons. The molecule has 5 nitrogen and oxygen atoms in total. The zero-order valence-corrected chi connectivity index (χ0v) is 13.3. The van der Waals surface area contributed by atoms with Gasteiger partial charge < -0.3 is 5.32 Å². The SMILES string of the molecule is c1cc(CCNc2nn3cc(-c4ccsc4)nc3s2)ccn1. The summed E-state index contributed by atoms with van der Waals surface area (Å²) in [5, 5.41) is 12.9. The summed E-state index contributed by atoms with van der Waals surface area (Å²) in [5.41, 5.74) is 3.39. The molecule has 0 aliphatic carbocycles. The number of aromatic nitrogens is 4. The van der Waals surface area contributed by atoms with E-state index in [1.54, 1.807) is 22.7 Å². The number of imidazole rings is 1. The zero-order valence-electron chi connectivity index (χ0n) is 11.6. The molecule has 4 heterocycles. The van der Waals surface area contributed by atoms with Crippen LogP contribution in [-0.2, 0) is 6.42 Å². The topological polar surface area (TPSA) is 55.1 Å². The summed E-state index contributed by atoms with van der Waals surface area (Å²) < 4.78 is 1.84. The lowest BCUT2D eigenvalue weighted by molar-refractivity contribution is 0.947. The van der Waals surface area contributed by atoms with E-state index in [4.69, 9.17) is 0 Å². The van der Waals surface area contributed by atoms with E-state index in [1.807, 2.05) is 35.2 Å². The highest BCUT2D eigenvalue weighted by Crippen LogP contribution is 2.25. The van der Waals surface area contributed by atoms with Crippen molar-refractivity contribution < 1.29 is 0 Å². The molecular weight excluding hydrogens is 314 g/mol. The number of thiophene rings is 1. The molecule has 4 aromatic rings. The first kappa shape index (κ1) is 13.4. The van der Waals surface area contributed by atoms with Crippen molar-refractivity contribution in [2.24, 2.45) is 0 Å². The van der Waals surface area contributed by atoms with Gasteiger partial charge >= 0.3 is 0 Å². The maximum atomic E-state index is 4.62. The van der Waals surface area contributed by atoms with Gasteiger partial charge in [0, 0.05) is 29.9 Å². The van der Waals surface area contributed by atoms with Gasteiger partial charge in [-0.1, -0.05) is 11.3 Å². The zero-order chi connectivity index (χ0) is 14.8. The molecule has 0 fully saturated rings. The van der Waals surface area contributed by atoms with Crippen LogP contribution in [0.5, 0.6) is 0 Å². The summed E-state index contributed by atoms with van der Waals surface area (Å²) in [6.45, 7) is 0.845. The van der Waals surface area contributed by atoms with E-state index >= 15 is 0 Å². The summed E-state index contributed by atoms with van der Waals surface area (Å²) in [5.74, 6) is 0. The van der Waals surface area contributed by atoms with Crippen LogP contribution in [0.4, 0.5) is 5.13 Å². The van der Waals surface area contributed by atoms with E-state index in [1.165, 1.54) is 5.56 Å². The predicted molar refractivity (Wildman–Crippen MR) is 90.6 cm³/mol. The Hall–Kier alpha value is -2.25. The Labute approximate surface area is 135 Å². The van der Waals surface area contributed by atoms with Crippen LogP contribution in [0.15, 0.2) is 47.5 Å². The molecule has 7 heteroatoms. The van der Waals surface area contributed by atoms with E-state index in [0.29, 0.717) is 0 Å². The largest absolute Gasteiger partial charge is 0.360 e. The Morgan fingerprint density at radius 1 is 1.18 bits per heavy atom. The minimum Gasteiger partial charge on any atom is -0.360 e. The van der Waals surface area contributed by atoms with E-state index in [2.05, 4.69) is 37.2 Å². The highest BCUT2D eigenvalue weighted by atomic mass is 32.1. The number of rotatable bonds is 5. The van der Waals surface area contributed by atoms with Gasteiger partial charge in [0.05, 0.1) is 11.9 Å². The molecule has 4 rings (SSSR count). The molecule has 0 aliphatic rings. The molecule has 0 radical (unpaired) electrons. The average Bonchev–Trinajstić information content (AvgIpc) is 3.23. The predicted octanol–water partition coefficient (Wildman–Crippen LogP) is 3.57. The van der Waals surface area contributed by atoms with Crippen LogP contribution in [0.3, 0.4) is 0 Å². The Morgan fingerprint density at radius 3 is 2.86 bits per heavy atom. The monoisotopic (exact) mass is 327 g/mol. The van der Waals surface area contributed by atoms with E-state index in [-0.39, 0.29) is 0 Å². The van der Waals surface area contributed by atoms with Crippen molar-refractivity contribution in [3.8, 4) is 11.3 Å². The van der Waals surface area contributed by atoms with Crippen molar-refractivity contribution in [1.82, 2.24) is 19.6 Å². The van der Waals surface area contributed by atoms with Gasteiger partial charge in [-0.2, -0.15) is 11.3 Å². The maximum Gasteiger partial charge on any atom is 0.214 e. The van der Waals surface area contributed by atoms with E-state index in [0.717, 1.165) is 34.3 Å². The quantitative estimate of drug-likeness (QED) is 0.609. The van der Waals surface area contributed by atoms with Crippen molar-refractivity contribution in [3.63, 3.8) is 0 Å². The van der Waals surface area contributed by atoms with Crippen LogP contribution in [-0.4, -0.2) is 26.1 Å². The molecule has 0 bridgehead atoms. The molecule has 0 amide bonds. The van der Waals surface area contributed by atoms with Crippen LogP contribution in [0.1, 0.15) is 5.56 Å². The molecule has 0 aromatic carbocycles. The Kier molecular flexibility index (Phi) is 3.57. The standard InChI is InChI=1S/C15H13N5S2/c1-5-16-6-2-11(1)3-7-17-14-19-20-9-13(18-15(20)22-14)12-4-8-21-10-12/h1-2,4-6,8-10H,3,7H2,(H,17,19). The Bertz CT molecular complexity index is 833. The maximum absolute atomic E-state index is 4.62. The molecule has 0 saturated heterocycles. The highest BCUT2D eigenvalue weighted by Gasteiger charge is 2.09. The van der Waals surface area contributed by atoms with Gasteiger partial charge in [-0.15, -0.1) is 5.10 Å². The van der Waals surface area contributed by atoms with Gasteiger partial charge in [-0.3, -0.25) is 4.98 Å². The van der Waals surface area contributed by atoms with Crippen molar-refractivity contribution in [3.05, 3.63) is 53.1 Å². The summed E-state index contributed by atoms with van der Waals surface area (Å²) in [6, 6.07) is 6.14. The second kappa shape index (κ2) is 5.86. The molecule has 0 unspecified atom stereocenters. The van der Waals surface area contributed by atoms with Crippen molar-refractivity contribution in [2.75, 3.05) is 11.9 Å².